The van der Waals surface area contributed by atoms with Gasteiger partial charge in [0, 0.05) is 19.6 Å². The molecule has 1 aromatic carbocycles. The van der Waals surface area contributed by atoms with Crippen LogP contribution in [0.25, 0.3) is 0 Å². The van der Waals surface area contributed by atoms with Crippen LogP contribution in [0.1, 0.15) is 31.2 Å². The molecule has 8 heteroatoms. The molecule has 2 rings (SSSR count). The molecule has 0 bridgehead atoms. The zero-order valence-corrected chi connectivity index (χ0v) is 17.0. The van der Waals surface area contributed by atoms with Crippen LogP contribution in [-0.2, 0) is 16.6 Å². The van der Waals surface area contributed by atoms with Crippen LogP contribution in [0.4, 0.5) is 0 Å². The number of nitrogens with two attached hydrogens (primary N) is 1. The van der Waals surface area contributed by atoms with Crippen LogP contribution in [0, 0.1) is 0 Å². The van der Waals surface area contributed by atoms with Crippen molar-refractivity contribution in [1.82, 2.24) is 9.62 Å². The molecule has 1 aliphatic rings. The summed E-state index contributed by atoms with van der Waals surface area (Å²) in [6.07, 6.45) is 4.68. The molecule has 0 atom stereocenters. The van der Waals surface area contributed by atoms with E-state index in [-0.39, 0.29) is 36.3 Å². The lowest BCUT2D eigenvalue weighted by molar-refractivity contribution is 0.429. The van der Waals surface area contributed by atoms with E-state index in [0.717, 1.165) is 31.5 Å². The molecule has 0 spiro atoms. The van der Waals surface area contributed by atoms with Crippen LogP contribution >= 0.6 is 24.0 Å². The first kappa shape index (κ1) is 21.2. The van der Waals surface area contributed by atoms with Gasteiger partial charge in [0.25, 0.3) is 0 Å². The Balaban J connectivity index is 0.00000288. The highest BCUT2D eigenvalue weighted by Gasteiger charge is 2.12. The van der Waals surface area contributed by atoms with E-state index in [1.807, 2.05) is 30.3 Å². The SMILES string of the molecule is I.NC(=NCCS(=O)(=O)NCc1ccccc1)N1CCCCCC1. The molecule has 1 fully saturated rings. The van der Waals surface area contributed by atoms with Crippen molar-refractivity contribution in [2.45, 2.75) is 32.2 Å². The fourth-order valence-electron chi connectivity index (χ4n) is 2.54. The highest BCUT2D eigenvalue weighted by atomic mass is 127. The summed E-state index contributed by atoms with van der Waals surface area (Å²) >= 11 is 0. The van der Waals surface area contributed by atoms with Crippen molar-refractivity contribution in [1.29, 1.82) is 0 Å². The van der Waals surface area contributed by atoms with E-state index in [1.165, 1.54) is 12.8 Å². The lowest BCUT2D eigenvalue weighted by atomic mass is 10.2. The number of benzene rings is 1. The molecular weight excluding hydrogens is 439 g/mol. The molecule has 24 heavy (non-hydrogen) atoms. The van der Waals surface area contributed by atoms with E-state index in [9.17, 15) is 8.42 Å². The van der Waals surface area contributed by atoms with Gasteiger partial charge in [-0.15, -0.1) is 24.0 Å². The molecule has 0 aliphatic carbocycles. The smallest absolute Gasteiger partial charge is 0.213 e. The minimum Gasteiger partial charge on any atom is -0.370 e. The highest BCUT2D eigenvalue weighted by molar-refractivity contribution is 14.0. The van der Waals surface area contributed by atoms with Gasteiger partial charge in [-0.3, -0.25) is 4.99 Å². The van der Waals surface area contributed by atoms with Gasteiger partial charge in [-0.2, -0.15) is 0 Å². The zero-order chi connectivity index (χ0) is 16.5. The van der Waals surface area contributed by atoms with Gasteiger partial charge in [-0.05, 0) is 18.4 Å². The second kappa shape index (κ2) is 10.9. The normalized spacial score (nSPS) is 16.3. The fraction of sp³-hybridized carbons (Fsp3) is 0.562. The molecule has 0 amide bonds. The largest absolute Gasteiger partial charge is 0.370 e. The number of sulfonamides is 1. The lowest BCUT2D eigenvalue weighted by Gasteiger charge is -2.21. The van der Waals surface area contributed by atoms with E-state index in [4.69, 9.17) is 5.73 Å². The minimum absolute atomic E-state index is 0. The Hall–Kier alpha value is -0.870. The van der Waals surface area contributed by atoms with Gasteiger partial charge in [0.2, 0.25) is 10.0 Å². The van der Waals surface area contributed by atoms with Gasteiger partial charge in [-0.25, -0.2) is 13.1 Å². The van der Waals surface area contributed by atoms with Crippen molar-refractivity contribution in [3.05, 3.63) is 35.9 Å². The summed E-state index contributed by atoms with van der Waals surface area (Å²) in [7, 11) is -3.34. The molecule has 6 nitrogen and oxygen atoms in total. The van der Waals surface area contributed by atoms with E-state index in [2.05, 4.69) is 14.6 Å². The Morgan fingerprint density at radius 1 is 1.12 bits per heavy atom. The second-order valence-electron chi connectivity index (χ2n) is 5.77. The quantitative estimate of drug-likeness (QED) is 0.381. The number of hydrogen-bond donors (Lipinski definition) is 2. The van der Waals surface area contributed by atoms with Gasteiger partial charge >= 0.3 is 0 Å². The molecule has 0 aromatic heterocycles. The second-order valence-corrected chi connectivity index (χ2v) is 7.69. The topological polar surface area (TPSA) is 87.8 Å². The number of nitrogens with one attached hydrogen (secondary N) is 1. The summed E-state index contributed by atoms with van der Waals surface area (Å²) in [6.45, 7) is 2.31. The molecule has 3 N–H and O–H groups in total. The number of likely N-dealkylation sites (tertiary alicyclic amines) is 1. The Kier molecular flexibility index (Phi) is 9.60. The van der Waals surface area contributed by atoms with Gasteiger partial charge in [0.15, 0.2) is 5.96 Å². The molecule has 136 valence electrons. The number of halogens is 1. The maximum atomic E-state index is 12.0. The fourth-order valence-corrected chi connectivity index (χ4v) is 3.40. The van der Waals surface area contributed by atoms with Crippen molar-refractivity contribution >= 4 is 40.0 Å². The number of nitrogens with zero attached hydrogens (tertiary/aromatic N) is 2. The zero-order valence-electron chi connectivity index (χ0n) is 13.9. The number of rotatable bonds is 6. The summed E-state index contributed by atoms with van der Waals surface area (Å²) in [5.41, 5.74) is 6.91. The van der Waals surface area contributed by atoms with Crippen molar-refractivity contribution in [2.75, 3.05) is 25.4 Å². The maximum absolute atomic E-state index is 12.0. The third-order valence-electron chi connectivity index (χ3n) is 3.90. The Bertz CT molecular complexity index is 600. The van der Waals surface area contributed by atoms with Crippen LogP contribution in [0.5, 0.6) is 0 Å². The van der Waals surface area contributed by atoms with Gasteiger partial charge in [0.1, 0.15) is 0 Å². The van der Waals surface area contributed by atoms with Crippen molar-refractivity contribution in [3.8, 4) is 0 Å². The first-order valence-electron chi connectivity index (χ1n) is 8.13. The summed E-state index contributed by atoms with van der Waals surface area (Å²) in [5.74, 6) is 0.416. The maximum Gasteiger partial charge on any atom is 0.213 e. The number of guanidine groups is 1. The summed E-state index contributed by atoms with van der Waals surface area (Å²) in [5, 5.41) is 0. The van der Waals surface area contributed by atoms with Gasteiger partial charge in [0.05, 0.1) is 12.3 Å². The first-order chi connectivity index (χ1) is 11.1. The van der Waals surface area contributed by atoms with Crippen molar-refractivity contribution < 1.29 is 8.42 Å². The highest BCUT2D eigenvalue weighted by Crippen LogP contribution is 2.09. The lowest BCUT2D eigenvalue weighted by Crippen LogP contribution is -2.38. The first-order valence-corrected chi connectivity index (χ1v) is 9.78. The summed E-state index contributed by atoms with van der Waals surface area (Å²) in [4.78, 5) is 6.28. The predicted octanol–water partition coefficient (Wildman–Crippen LogP) is 1.91. The average molecular weight is 466 g/mol. The van der Waals surface area contributed by atoms with Crippen LogP contribution in [-0.4, -0.2) is 44.7 Å². The molecule has 0 unspecified atom stereocenters. The van der Waals surface area contributed by atoms with Crippen molar-refractivity contribution in [3.63, 3.8) is 0 Å². The van der Waals surface area contributed by atoms with Gasteiger partial charge in [-0.1, -0.05) is 43.2 Å². The molecule has 1 heterocycles. The van der Waals surface area contributed by atoms with Crippen LogP contribution < -0.4 is 10.5 Å². The third-order valence-corrected chi connectivity index (χ3v) is 5.21. The molecule has 0 saturated carbocycles. The number of hydrogen-bond acceptors (Lipinski definition) is 3. The summed E-state index contributed by atoms with van der Waals surface area (Å²) < 4.78 is 26.6. The Labute approximate surface area is 162 Å². The van der Waals surface area contributed by atoms with E-state index in [0.29, 0.717) is 12.5 Å². The van der Waals surface area contributed by atoms with E-state index < -0.39 is 10.0 Å². The predicted molar refractivity (Wildman–Crippen MR) is 109 cm³/mol. The molecule has 1 aliphatic heterocycles. The van der Waals surface area contributed by atoms with Crippen LogP contribution in [0.15, 0.2) is 35.3 Å². The molecule has 1 aromatic rings. The van der Waals surface area contributed by atoms with Crippen LogP contribution in [0.2, 0.25) is 0 Å². The number of aliphatic imine (C=N–C) groups is 1. The van der Waals surface area contributed by atoms with Crippen molar-refractivity contribution in [2.24, 2.45) is 10.7 Å². The molecule has 1 saturated heterocycles. The average Bonchev–Trinajstić information content (AvgIpc) is 2.83. The van der Waals surface area contributed by atoms with E-state index in [1.54, 1.807) is 0 Å². The van der Waals surface area contributed by atoms with E-state index >= 15 is 0 Å². The molecular formula is C16H27IN4O2S. The summed E-state index contributed by atoms with van der Waals surface area (Å²) in [6, 6.07) is 9.44. The van der Waals surface area contributed by atoms with Gasteiger partial charge < -0.3 is 10.6 Å². The van der Waals surface area contributed by atoms with Crippen LogP contribution in [0.3, 0.4) is 0 Å². The third kappa shape index (κ3) is 7.80. The Morgan fingerprint density at radius 3 is 2.38 bits per heavy atom. The standard InChI is InChI=1S/C16H26N4O2S.HI/c17-16(20-11-6-1-2-7-12-20)18-10-13-23(21,22)19-14-15-8-4-3-5-9-15;/h3-5,8-9,19H,1-2,6-7,10-14H2,(H2,17,18);1H. The monoisotopic (exact) mass is 466 g/mol. The Morgan fingerprint density at radius 2 is 1.75 bits per heavy atom. The molecule has 0 radical (unpaired) electrons. The minimum atomic E-state index is -3.34.